The highest BCUT2D eigenvalue weighted by Crippen LogP contribution is 2.26. The number of rotatable bonds is 9. The number of aromatic nitrogens is 1. The first-order valence-electron chi connectivity index (χ1n) is 11.8. The van der Waals surface area contributed by atoms with Crippen LogP contribution >= 0.6 is 0 Å². The van der Waals surface area contributed by atoms with E-state index in [1.807, 2.05) is 0 Å². The molecule has 0 aliphatic carbocycles. The maximum absolute atomic E-state index is 13.2. The summed E-state index contributed by atoms with van der Waals surface area (Å²) >= 11 is 0. The molecule has 3 rings (SSSR count). The highest BCUT2D eigenvalue weighted by Gasteiger charge is 2.29. The van der Waals surface area contributed by atoms with Crippen LogP contribution in [0.25, 0.3) is 10.9 Å². The van der Waals surface area contributed by atoms with Crippen molar-refractivity contribution in [3.63, 3.8) is 0 Å². The summed E-state index contributed by atoms with van der Waals surface area (Å²) in [5, 5.41) is 3.35. The Morgan fingerprint density at radius 1 is 1.27 bits per heavy atom. The summed E-state index contributed by atoms with van der Waals surface area (Å²) in [5.41, 5.74) is 0.229. The first-order chi connectivity index (χ1) is 15.6. The van der Waals surface area contributed by atoms with Crippen LogP contribution < -0.4 is 10.9 Å². The van der Waals surface area contributed by atoms with E-state index in [2.05, 4.69) is 42.9 Å². The number of fused-ring (bicyclic) bond motifs is 1. The number of piperidine rings is 1. The van der Waals surface area contributed by atoms with Gasteiger partial charge < -0.3 is 15.2 Å². The van der Waals surface area contributed by atoms with Crippen molar-refractivity contribution in [1.29, 1.82) is 0 Å². The van der Waals surface area contributed by atoms with Gasteiger partial charge in [0.05, 0.1) is 10.5 Å². The number of nitrogens with zero attached hydrogens (tertiary/aromatic N) is 2. The van der Waals surface area contributed by atoms with Crippen LogP contribution in [0.4, 0.5) is 0 Å². The summed E-state index contributed by atoms with van der Waals surface area (Å²) in [6.45, 7) is 12.5. The minimum absolute atomic E-state index is 0.139. The van der Waals surface area contributed by atoms with Crippen LogP contribution in [0.3, 0.4) is 0 Å². The SMILES string of the molecule is CCN(CC)CC(C)CNC(=O)c1cc(=O)[nH]c2ccc(S(=O)(=O)N3CCCC(C)C3)cc12. The Kier molecular flexibility index (Phi) is 8.31. The van der Waals surface area contributed by atoms with E-state index in [1.165, 1.54) is 22.5 Å². The van der Waals surface area contributed by atoms with E-state index in [-0.39, 0.29) is 22.3 Å². The number of nitrogens with one attached hydrogen (secondary N) is 2. The molecule has 0 spiro atoms. The van der Waals surface area contributed by atoms with E-state index in [4.69, 9.17) is 0 Å². The molecular formula is C24H36N4O4S. The van der Waals surface area contributed by atoms with Crippen LogP contribution in [-0.4, -0.2) is 67.8 Å². The second-order valence-electron chi connectivity index (χ2n) is 9.17. The second-order valence-corrected chi connectivity index (χ2v) is 11.1. The van der Waals surface area contributed by atoms with Crippen LogP contribution in [0, 0.1) is 11.8 Å². The molecule has 1 fully saturated rings. The molecule has 0 saturated carbocycles. The van der Waals surface area contributed by atoms with Gasteiger partial charge in [-0.2, -0.15) is 4.31 Å². The number of hydrogen-bond acceptors (Lipinski definition) is 5. The minimum Gasteiger partial charge on any atom is -0.352 e. The van der Waals surface area contributed by atoms with Gasteiger partial charge in [-0.3, -0.25) is 9.59 Å². The predicted molar refractivity (Wildman–Crippen MR) is 131 cm³/mol. The molecule has 2 N–H and O–H groups in total. The lowest BCUT2D eigenvalue weighted by molar-refractivity contribution is 0.0946. The molecule has 182 valence electrons. The summed E-state index contributed by atoms with van der Waals surface area (Å²) < 4.78 is 28.0. The number of H-pyrrole nitrogens is 1. The Bertz CT molecular complexity index is 1140. The van der Waals surface area contributed by atoms with Crippen molar-refractivity contribution in [3.8, 4) is 0 Å². The fourth-order valence-electron chi connectivity index (χ4n) is 4.44. The lowest BCUT2D eigenvalue weighted by atomic mass is 10.0. The first-order valence-corrected chi connectivity index (χ1v) is 13.3. The third kappa shape index (κ3) is 6.02. The molecule has 2 heterocycles. The lowest BCUT2D eigenvalue weighted by Gasteiger charge is -2.30. The van der Waals surface area contributed by atoms with Crippen molar-refractivity contribution in [1.82, 2.24) is 19.5 Å². The molecule has 1 aromatic carbocycles. The van der Waals surface area contributed by atoms with E-state index < -0.39 is 15.6 Å². The standard InChI is InChI=1S/C24H36N4O4S/c1-5-27(6-2)15-18(4)14-25-24(30)21-13-23(29)26-22-10-9-19(12-20(21)22)33(31,32)28-11-7-8-17(3)16-28/h9-10,12-13,17-18H,5-8,11,14-16H2,1-4H3,(H,25,30)(H,26,29). The second kappa shape index (κ2) is 10.8. The number of hydrogen-bond donors (Lipinski definition) is 2. The van der Waals surface area contributed by atoms with E-state index in [1.54, 1.807) is 6.07 Å². The van der Waals surface area contributed by atoms with Gasteiger partial charge in [0.2, 0.25) is 15.6 Å². The van der Waals surface area contributed by atoms with Gasteiger partial charge in [0.1, 0.15) is 0 Å². The van der Waals surface area contributed by atoms with Gasteiger partial charge in [0, 0.05) is 43.1 Å². The third-order valence-electron chi connectivity index (χ3n) is 6.39. The highest BCUT2D eigenvalue weighted by molar-refractivity contribution is 7.89. The number of pyridine rings is 1. The normalized spacial score (nSPS) is 18.5. The van der Waals surface area contributed by atoms with E-state index in [9.17, 15) is 18.0 Å². The van der Waals surface area contributed by atoms with Crippen LogP contribution in [0.5, 0.6) is 0 Å². The monoisotopic (exact) mass is 476 g/mol. The smallest absolute Gasteiger partial charge is 0.252 e. The molecule has 1 aliphatic heterocycles. The molecule has 1 aliphatic rings. The average molecular weight is 477 g/mol. The summed E-state index contributed by atoms with van der Waals surface area (Å²) in [6.07, 6.45) is 1.85. The van der Waals surface area contributed by atoms with Crippen molar-refractivity contribution in [2.75, 3.05) is 39.3 Å². The van der Waals surface area contributed by atoms with Crippen LogP contribution in [0.2, 0.25) is 0 Å². The number of carbonyl (C=O) groups excluding carboxylic acids is 1. The van der Waals surface area contributed by atoms with Gasteiger partial charge in [-0.25, -0.2) is 8.42 Å². The summed E-state index contributed by atoms with van der Waals surface area (Å²) in [4.78, 5) is 30.3. The van der Waals surface area contributed by atoms with E-state index in [0.29, 0.717) is 36.5 Å². The lowest BCUT2D eigenvalue weighted by Crippen LogP contribution is -2.39. The van der Waals surface area contributed by atoms with Crippen molar-refractivity contribution in [3.05, 3.63) is 40.2 Å². The van der Waals surface area contributed by atoms with Crippen molar-refractivity contribution < 1.29 is 13.2 Å². The number of benzene rings is 1. The molecule has 2 aromatic rings. The minimum atomic E-state index is -3.68. The number of carbonyl (C=O) groups is 1. The van der Waals surface area contributed by atoms with Gasteiger partial charge in [-0.1, -0.05) is 27.7 Å². The Hall–Kier alpha value is -2.23. The zero-order valence-corrected chi connectivity index (χ0v) is 20.9. The maximum Gasteiger partial charge on any atom is 0.252 e. The van der Waals surface area contributed by atoms with Gasteiger partial charge in [0.25, 0.3) is 5.91 Å². The highest BCUT2D eigenvalue weighted by atomic mass is 32.2. The fraction of sp³-hybridized carbons (Fsp3) is 0.583. The summed E-state index contributed by atoms with van der Waals surface area (Å²) in [5.74, 6) is 0.169. The summed E-state index contributed by atoms with van der Waals surface area (Å²) in [6, 6.07) is 5.82. The molecule has 1 amide bonds. The van der Waals surface area contributed by atoms with Gasteiger partial charge in [0.15, 0.2) is 0 Å². The molecule has 0 bridgehead atoms. The first kappa shape index (κ1) is 25.4. The van der Waals surface area contributed by atoms with Gasteiger partial charge in [-0.15, -0.1) is 0 Å². The summed E-state index contributed by atoms with van der Waals surface area (Å²) in [7, 11) is -3.68. The third-order valence-corrected chi connectivity index (χ3v) is 8.25. The van der Waals surface area contributed by atoms with Crippen molar-refractivity contribution in [2.45, 2.75) is 45.4 Å². The topological polar surface area (TPSA) is 103 Å². The zero-order chi connectivity index (χ0) is 24.2. The Morgan fingerprint density at radius 2 is 2.00 bits per heavy atom. The molecule has 33 heavy (non-hydrogen) atoms. The number of aromatic amines is 1. The quantitative estimate of drug-likeness (QED) is 0.579. The maximum atomic E-state index is 13.2. The van der Waals surface area contributed by atoms with E-state index >= 15 is 0 Å². The van der Waals surface area contributed by atoms with Crippen LogP contribution in [0.15, 0.2) is 34.0 Å². The molecule has 8 nitrogen and oxygen atoms in total. The van der Waals surface area contributed by atoms with Crippen molar-refractivity contribution in [2.24, 2.45) is 11.8 Å². The van der Waals surface area contributed by atoms with Gasteiger partial charge >= 0.3 is 0 Å². The van der Waals surface area contributed by atoms with E-state index in [0.717, 1.165) is 32.5 Å². The molecule has 1 aromatic heterocycles. The van der Waals surface area contributed by atoms with Crippen molar-refractivity contribution >= 4 is 26.8 Å². The average Bonchev–Trinajstić information content (AvgIpc) is 2.80. The fourth-order valence-corrected chi connectivity index (χ4v) is 6.07. The molecular weight excluding hydrogens is 440 g/mol. The molecule has 9 heteroatoms. The largest absolute Gasteiger partial charge is 0.352 e. The molecule has 1 saturated heterocycles. The molecule has 2 atom stereocenters. The Morgan fingerprint density at radius 3 is 2.67 bits per heavy atom. The van der Waals surface area contributed by atoms with Crippen LogP contribution in [-0.2, 0) is 10.0 Å². The number of amides is 1. The molecule has 2 unspecified atom stereocenters. The number of sulfonamides is 1. The Balaban J connectivity index is 1.87. The Labute approximate surface area is 196 Å². The van der Waals surface area contributed by atoms with Crippen LogP contribution in [0.1, 0.15) is 50.9 Å². The van der Waals surface area contributed by atoms with Gasteiger partial charge in [-0.05, 0) is 56.0 Å². The molecule has 0 radical (unpaired) electrons. The zero-order valence-electron chi connectivity index (χ0n) is 20.1. The predicted octanol–water partition coefficient (Wildman–Crippen LogP) is 2.66.